The summed E-state index contributed by atoms with van der Waals surface area (Å²) in [6.45, 7) is 2.30. The van der Waals surface area contributed by atoms with Gasteiger partial charge >= 0.3 is 195 Å². The van der Waals surface area contributed by atoms with E-state index in [1.807, 2.05) is 22.7 Å². The van der Waals surface area contributed by atoms with Crippen molar-refractivity contribution in [3.63, 3.8) is 0 Å². The van der Waals surface area contributed by atoms with Crippen molar-refractivity contribution < 1.29 is 0 Å². The van der Waals surface area contributed by atoms with Crippen LogP contribution in [0.4, 0.5) is 0 Å². The van der Waals surface area contributed by atoms with E-state index < -0.39 is 0 Å². The molecule has 0 saturated heterocycles. The van der Waals surface area contributed by atoms with Gasteiger partial charge in [-0.05, 0) is 0 Å². The summed E-state index contributed by atoms with van der Waals surface area (Å²) in [5, 5.41) is 4.43. The first-order chi connectivity index (χ1) is 17.4. The number of fused-ring (bicyclic) bond motifs is 1. The molecule has 0 aliphatic heterocycles. The number of nitrogens with zero attached hydrogens (tertiary/aromatic N) is 1. The number of aromatic nitrogens is 1. The van der Waals surface area contributed by atoms with Crippen molar-refractivity contribution in [3.8, 4) is 18.6 Å². The molecule has 0 saturated carbocycles. The van der Waals surface area contributed by atoms with Gasteiger partial charge in [0.1, 0.15) is 0 Å². The van der Waals surface area contributed by atoms with E-state index >= 15 is 0 Å². The van der Waals surface area contributed by atoms with Crippen molar-refractivity contribution in [2.24, 2.45) is 0 Å². The zero-order valence-electron chi connectivity index (χ0n) is 21.4. The molecule has 4 heterocycles. The van der Waals surface area contributed by atoms with Crippen LogP contribution in [0.5, 0.6) is 0 Å². The Morgan fingerprint density at radius 1 is 0.629 bits per heavy atom. The van der Waals surface area contributed by atoms with Crippen LogP contribution in [0.25, 0.3) is 28.4 Å². The zero-order valence-corrected chi connectivity index (χ0v) is 26.4. The summed E-state index contributed by atoms with van der Waals surface area (Å²) in [6, 6.07) is 8.99. The van der Waals surface area contributed by atoms with Crippen LogP contribution in [0.15, 0.2) is 35.0 Å². The second-order valence-electron chi connectivity index (χ2n) is 9.70. The van der Waals surface area contributed by atoms with Crippen molar-refractivity contribution in [2.45, 2.75) is 110 Å². The van der Waals surface area contributed by atoms with Gasteiger partial charge in [0.05, 0.1) is 0 Å². The molecule has 5 heteroatoms. The molecule has 0 amide bonds. The normalized spacial score (nSPS) is 11.7. The number of rotatable bonds is 18. The average Bonchev–Trinajstić information content (AvgIpc) is 3.66. The molecule has 0 bridgehead atoms. The summed E-state index contributed by atoms with van der Waals surface area (Å²) in [5.74, 6) is 0. The van der Waals surface area contributed by atoms with Crippen molar-refractivity contribution >= 4 is 61.5 Å². The molecule has 35 heavy (non-hydrogen) atoms. The van der Waals surface area contributed by atoms with E-state index in [2.05, 4.69) is 41.9 Å². The monoisotopic (exact) mass is 639 g/mol. The van der Waals surface area contributed by atoms with Crippen molar-refractivity contribution in [1.82, 2.24) is 4.98 Å². The summed E-state index contributed by atoms with van der Waals surface area (Å²) >= 11 is 4.63. The predicted molar refractivity (Wildman–Crippen MR) is 161 cm³/mol. The Balaban J connectivity index is 1.14. The summed E-state index contributed by atoms with van der Waals surface area (Å²) in [4.78, 5) is 8.17. The van der Waals surface area contributed by atoms with Gasteiger partial charge < -0.3 is 0 Å². The third kappa shape index (κ3) is 8.56. The quantitative estimate of drug-likeness (QED) is 0.0782. The van der Waals surface area contributed by atoms with E-state index in [1.54, 1.807) is 13.1 Å². The Bertz CT molecular complexity index is 1010. The molecule has 0 atom stereocenters. The first-order valence-electron chi connectivity index (χ1n) is 13.9. The van der Waals surface area contributed by atoms with Gasteiger partial charge in [0, 0.05) is 0 Å². The Morgan fingerprint density at radius 2 is 1.14 bits per heavy atom. The van der Waals surface area contributed by atoms with Crippen LogP contribution in [-0.2, 0) is 6.42 Å². The first-order valence-corrected chi connectivity index (χ1v) is 19.1. The van der Waals surface area contributed by atoms with E-state index in [0.29, 0.717) is 29.0 Å². The molecular weight excluding hydrogens is 596 g/mol. The Labute approximate surface area is 232 Å². The topological polar surface area (TPSA) is 12.9 Å². The van der Waals surface area contributed by atoms with Crippen LogP contribution in [0.1, 0.15) is 108 Å². The SMILES string of the molecule is CCCCCCCCCCCCCCCCCc1nc2c(-c3cccs3)[se]c(-c3cccs3)c2[se]1. The van der Waals surface area contributed by atoms with E-state index in [0.717, 1.165) is 0 Å². The molecule has 4 aromatic heterocycles. The molecule has 1 nitrogen and oxygen atoms in total. The summed E-state index contributed by atoms with van der Waals surface area (Å²) < 4.78 is 6.27. The van der Waals surface area contributed by atoms with Crippen molar-refractivity contribution in [1.29, 1.82) is 0 Å². The first kappa shape index (κ1) is 27.6. The molecule has 0 aliphatic rings. The van der Waals surface area contributed by atoms with Crippen LogP contribution < -0.4 is 0 Å². The molecule has 0 aliphatic carbocycles. The van der Waals surface area contributed by atoms with Gasteiger partial charge in [0.25, 0.3) is 0 Å². The fourth-order valence-corrected chi connectivity index (χ4v) is 12.8. The summed E-state index contributed by atoms with van der Waals surface area (Å²) in [7, 11) is 0. The van der Waals surface area contributed by atoms with Crippen LogP contribution in [0.3, 0.4) is 0 Å². The second kappa shape index (κ2) is 15.8. The van der Waals surface area contributed by atoms with Gasteiger partial charge in [-0.15, -0.1) is 0 Å². The second-order valence-corrected chi connectivity index (χ2v) is 16.0. The molecular formula is C30H41NS2Se2. The molecule has 4 rings (SSSR count). The van der Waals surface area contributed by atoms with Crippen LogP contribution in [0, 0.1) is 0 Å². The average molecular weight is 638 g/mol. The maximum atomic E-state index is 5.24. The molecule has 0 aromatic carbocycles. The van der Waals surface area contributed by atoms with E-state index in [4.69, 9.17) is 4.98 Å². The third-order valence-corrected chi connectivity index (χ3v) is 14.8. The van der Waals surface area contributed by atoms with Gasteiger partial charge in [-0.3, -0.25) is 0 Å². The van der Waals surface area contributed by atoms with Crippen LogP contribution >= 0.6 is 22.7 Å². The van der Waals surface area contributed by atoms with E-state index in [9.17, 15) is 0 Å². The zero-order chi connectivity index (χ0) is 24.1. The molecule has 190 valence electrons. The van der Waals surface area contributed by atoms with Gasteiger partial charge in [0.2, 0.25) is 0 Å². The van der Waals surface area contributed by atoms with Gasteiger partial charge in [0.15, 0.2) is 0 Å². The standard InChI is InChI=1S/C30H41NS2Se2/c1-2-3-4-5-6-7-8-9-10-11-12-13-14-15-16-21-26-31-27-28(24-19-17-22-32-24)35-29(30(27)34-26)25-20-18-23-33-25/h17-20,22-23H,2-16,21H2,1H3. The Kier molecular flexibility index (Phi) is 12.4. The predicted octanol–water partition coefficient (Wildman–Crippen LogP) is 10.2. The molecule has 0 radical (unpaired) electrons. The number of aryl methyl sites for hydroxylation is 1. The van der Waals surface area contributed by atoms with Gasteiger partial charge in [-0.2, -0.15) is 0 Å². The third-order valence-electron chi connectivity index (χ3n) is 6.78. The summed E-state index contributed by atoms with van der Waals surface area (Å²) in [6.07, 6.45) is 22.7. The number of hydrogen-bond acceptors (Lipinski definition) is 3. The molecule has 0 spiro atoms. The number of thiophene rings is 2. The van der Waals surface area contributed by atoms with E-state index in [1.165, 1.54) is 123 Å². The minimum atomic E-state index is 0.409. The number of hydrogen-bond donors (Lipinski definition) is 0. The minimum absolute atomic E-state index is 0.409. The molecule has 4 aromatic rings. The van der Waals surface area contributed by atoms with Crippen molar-refractivity contribution in [2.75, 3.05) is 0 Å². The fourth-order valence-electron chi connectivity index (χ4n) is 4.77. The van der Waals surface area contributed by atoms with Gasteiger partial charge in [-0.1, -0.05) is 39.0 Å². The molecule has 0 unspecified atom stereocenters. The molecule has 0 fully saturated rings. The molecule has 0 N–H and O–H groups in total. The van der Waals surface area contributed by atoms with Crippen LogP contribution in [-0.4, -0.2) is 34.0 Å². The maximum absolute atomic E-state index is 5.24. The van der Waals surface area contributed by atoms with Gasteiger partial charge in [-0.25, -0.2) is 0 Å². The number of unbranched alkanes of at least 4 members (excludes halogenated alkanes) is 14. The Hall–Kier alpha value is -0.411. The summed E-state index contributed by atoms with van der Waals surface area (Å²) in [5.41, 5.74) is 1.37. The van der Waals surface area contributed by atoms with E-state index in [-0.39, 0.29) is 0 Å². The van der Waals surface area contributed by atoms with Crippen LogP contribution in [0.2, 0.25) is 0 Å². The van der Waals surface area contributed by atoms with Crippen molar-refractivity contribution in [3.05, 3.63) is 39.6 Å². The Morgan fingerprint density at radius 3 is 1.66 bits per heavy atom. The fraction of sp³-hybridized carbons (Fsp3) is 0.567.